The first-order valence-corrected chi connectivity index (χ1v) is 7.10. The molecule has 6 heteroatoms. The molecule has 5 nitrogen and oxygen atoms in total. The van der Waals surface area contributed by atoms with Crippen LogP contribution in [0.3, 0.4) is 0 Å². The molecule has 2 aromatic rings. The molecule has 24 heavy (non-hydrogen) atoms. The van der Waals surface area contributed by atoms with Crippen molar-refractivity contribution >= 4 is 11.6 Å². The molecule has 0 aromatic heterocycles. The van der Waals surface area contributed by atoms with Gasteiger partial charge in [0.25, 0.3) is 0 Å². The van der Waals surface area contributed by atoms with Crippen molar-refractivity contribution in [1.82, 2.24) is 0 Å². The van der Waals surface area contributed by atoms with Crippen molar-refractivity contribution in [2.24, 2.45) is 0 Å². The van der Waals surface area contributed by atoms with E-state index in [2.05, 4.69) is 0 Å². The Morgan fingerprint density at radius 2 is 2.04 bits per heavy atom. The number of nitrogens with zero attached hydrogens (tertiary/aromatic N) is 3. The zero-order chi connectivity index (χ0) is 17.5. The Kier molecular flexibility index (Phi) is 5.49. The van der Waals surface area contributed by atoms with Crippen LogP contribution >= 0.6 is 0 Å². The van der Waals surface area contributed by atoms with Crippen LogP contribution in [0.5, 0.6) is 5.75 Å². The fourth-order valence-electron chi connectivity index (χ4n) is 2.18. The van der Waals surface area contributed by atoms with E-state index in [4.69, 9.17) is 15.3 Å². The zero-order valence-corrected chi connectivity index (χ0v) is 13.0. The van der Waals surface area contributed by atoms with Crippen LogP contribution in [0.15, 0.2) is 42.5 Å². The lowest BCUT2D eigenvalue weighted by Crippen LogP contribution is -2.28. The molecule has 0 atom stereocenters. The van der Waals surface area contributed by atoms with Crippen LogP contribution in [0, 0.1) is 28.5 Å². The van der Waals surface area contributed by atoms with Crippen LogP contribution in [-0.4, -0.2) is 19.6 Å². The summed E-state index contributed by atoms with van der Waals surface area (Å²) in [6.45, 7) is -0.0710. The predicted molar refractivity (Wildman–Crippen MR) is 85.8 cm³/mol. The average Bonchev–Trinajstić information content (AvgIpc) is 2.59. The van der Waals surface area contributed by atoms with Gasteiger partial charge in [-0.05, 0) is 35.9 Å². The van der Waals surface area contributed by atoms with Crippen molar-refractivity contribution in [2.45, 2.75) is 6.42 Å². The number of rotatable bonds is 5. The first-order valence-electron chi connectivity index (χ1n) is 7.10. The summed E-state index contributed by atoms with van der Waals surface area (Å²) in [6.07, 6.45) is 0.0858. The molecule has 0 aliphatic heterocycles. The minimum atomic E-state index is -0.529. The first kappa shape index (κ1) is 17.0. The molecule has 0 N–H and O–H groups in total. The Labute approximate surface area is 139 Å². The highest BCUT2D eigenvalue weighted by molar-refractivity contribution is 5.95. The summed E-state index contributed by atoms with van der Waals surface area (Å²) in [6, 6.07) is 14.3. The molecule has 0 radical (unpaired) electrons. The lowest BCUT2D eigenvalue weighted by Gasteiger charge is -2.19. The van der Waals surface area contributed by atoms with Crippen LogP contribution < -0.4 is 9.64 Å². The van der Waals surface area contributed by atoms with Crippen molar-refractivity contribution in [3.63, 3.8) is 0 Å². The maximum atomic E-state index is 13.2. The summed E-state index contributed by atoms with van der Waals surface area (Å²) in [5.74, 6) is -0.280. The number of halogens is 1. The number of carbonyl (C=O) groups is 1. The van der Waals surface area contributed by atoms with Gasteiger partial charge in [0.2, 0.25) is 5.91 Å². The monoisotopic (exact) mass is 323 g/mol. The van der Waals surface area contributed by atoms with Crippen LogP contribution in [-0.2, 0) is 11.2 Å². The summed E-state index contributed by atoms with van der Waals surface area (Å²) >= 11 is 0. The second-order valence-corrected chi connectivity index (χ2v) is 5.00. The van der Waals surface area contributed by atoms with Crippen molar-refractivity contribution in [3.8, 4) is 17.9 Å². The zero-order valence-electron chi connectivity index (χ0n) is 13.0. The molecule has 0 spiro atoms. The summed E-state index contributed by atoms with van der Waals surface area (Å²) in [5.41, 5.74) is 1.15. The lowest BCUT2D eigenvalue weighted by molar-refractivity contribution is -0.117. The molecule has 0 aliphatic rings. The van der Waals surface area contributed by atoms with E-state index in [1.54, 1.807) is 24.3 Å². The molecular formula is C18H14FN3O2. The van der Waals surface area contributed by atoms with Gasteiger partial charge in [-0.1, -0.05) is 12.1 Å². The second kappa shape index (κ2) is 7.75. The van der Waals surface area contributed by atoms with Gasteiger partial charge in [0.15, 0.2) is 6.61 Å². The highest BCUT2D eigenvalue weighted by atomic mass is 19.1. The van der Waals surface area contributed by atoms with Gasteiger partial charge in [-0.3, -0.25) is 4.79 Å². The molecule has 2 aromatic carbocycles. The van der Waals surface area contributed by atoms with Gasteiger partial charge in [0, 0.05) is 7.05 Å². The van der Waals surface area contributed by atoms with Crippen molar-refractivity contribution < 1.29 is 13.9 Å². The SMILES string of the molecule is CN(C(=O)Cc1cccc(OCC#N)c1)c1ccc(F)cc1C#N. The lowest BCUT2D eigenvalue weighted by atomic mass is 10.1. The van der Waals surface area contributed by atoms with Crippen LogP contribution in [0.25, 0.3) is 0 Å². The van der Waals surface area contributed by atoms with E-state index < -0.39 is 5.82 Å². The van der Waals surface area contributed by atoms with E-state index >= 15 is 0 Å². The van der Waals surface area contributed by atoms with Gasteiger partial charge >= 0.3 is 0 Å². The maximum absolute atomic E-state index is 13.2. The number of likely N-dealkylation sites (N-methyl/N-ethyl adjacent to an activating group) is 1. The van der Waals surface area contributed by atoms with Gasteiger partial charge in [0.05, 0.1) is 17.7 Å². The molecule has 0 aliphatic carbocycles. The first-order chi connectivity index (χ1) is 11.5. The van der Waals surface area contributed by atoms with Gasteiger partial charge < -0.3 is 9.64 Å². The van der Waals surface area contributed by atoms with E-state index in [-0.39, 0.29) is 24.5 Å². The molecule has 0 bridgehead atoms. The Morgan fingerprint density at radius 1 is 1.25 bits per heavy atom. The second-order valence-electron chi connectivity index (χ2n) is 5.00. The van der Waals surface area contributed by atoms with Crippen molar-refractivity contribution in [3.05, 3.63) is 59.4 Å². The van der Waals surface area contributed by atoms with Gasteiger partial charge in [-0.15, -0.1) is 0 Å². The Morgan fingerprint density at radius 3 is 2.75 bits per heavy atom. The van der Waals surface area contributed by atoms with E-state index in [1.165, 1.54) is 24.1 Å². The molecule has 2 rings (SSSR count). The van der Waals surface area contributed by atoms with E-state index in [1.807, 2.05) is 12.1 Å². The number of anilines is 1. The molecule has 0 saturated heterocycles. The average molecular weight is 323 g/mol. The number of amides is 1. The van der Waals surface area contributed by atoms with Crippen LogP contribution in [0.1, 0.15) is 11.1 Å². The van der Waals surface area contributed by atoms with Gasteiger partial charge in [-0.2, -0.15) is 10.5 Å². The van der Waals surface area contributed by atoms with E-state index in [0.29, 0.717) is 17.0 Å². The van der Waals surface area contributed by atoms with Crippen molar-refractivity contribution in [2.75, 3.05) is 18.6 Å². The maximum Gasteiger partial charge on any atom is 0.231 e. The summed E-state index contributed by atoms with van der Waals surface area (Å²) in [7, 11) is 1.53. The highest BCUT2D eigenvalue weighted by Crippen LogP contribution is 2.21. The Balaban J connectivity index is 2.15. The molecule has 120 valence electrons. The normalized spacial score (nSPS) is 9.67. The number of benzene rings is 2. The molecule has 0 unspecified atom stereocenters. The third kappa shape index (κ3) is 4.08. The van der Waals surface area contributed by atoms with Crippen LogP contribution in [0.2, 0.25) is 0 Å². The number of hydrogen-bond acceptors (Lipinski definition) is 4. The third-order valence-corrected chi connectivity index (χ3v) is 3.37. The Hall–Kier alpha value is -3.38. The van der Waals surface area contributed by atoms with Crippen LogP contribution in [0.4, 0.5) is 10.1 Å². The number of carbonyl (C=O) groups excluding carboxylic acids is 1. The summed E-state index contributed by atoms with van der Waals surface area (Å²) in [5, 5.41) is 17.6. The minimum absolute atomic E-state index is 0.0710. The summed E-state index contributed by atoms with van der Waals surface area (Å²) in [4.78, 5) is 13.7. The molecule has 1 amide bonds. The molecule has 0 heterocycles. The van der Waals surface area contributed by atoms with E-state index in [9.17, 15) is 9.18 Å². The molecular weight excluding hydrogens is 309 g/mol. The standard InChI is InChI=1S/C18H14FN3O2/c1-22(17-6-5-15(19)11-14(17)12-21)18(23)10-13-3-2-4-16(9-13)24-8-7-20/h2-6,9,11H,8,10H2,1H3. The number of nitriles is 2. The van der Waals surface area contributed by atoms with E-state index in [0.717, 1.165) is 6.07 Å². The predicted octanol–water partition coefficient (Wildman–Crippen LogP) is 2.81. The molecule has 0 fully saturated rings. The van der Waals surface area contributed by atoms with Crippen molar-refractivity contribution in [1.29, 1.82) is 10.5 Å². The smallest absolute Gasteiger partial charge is 0.231 e. The highest BCUT2D eigenvalue weighted by Gasteiger charge is 2.16. The Bertz CT molecular complexity index is 837. The molecule has 0 saturated carbocycles. The fourth-order valence-corrected chi connectivity index (χ4v) is 2.18. The third-order valence-electron chi connectivity index (χ3n) is 3.37. The minimum Gasteiger partial charge on any atom is -0.479 e. The summed E-state index contributed by atoms with van der Waals surface area (Å²) < 4.78 is 18.4. The quantitative estimate of drug-likeness (QED) is 0.847. The fraction of sp³-hybridized carbons (Fsp3) is 0.167. The van der Waals surface area contributed by atoms with Gasteiger partial charge in [0.1, 0.15) is 23.7 Å². The number of hydrogen-bond donors (Lipinski definition) is 0. The topological polar surface area (TPSA) is 77.1 Å². The van der Waals surface area contributed by atoms with Gasteiger partial charge in [-0.25, -0.2) is 4.39 Å². The number of ether oxygens (including phenoxy) is 1. The largest absolute Gasteiger partial charge is 0.479 e.